The van der Waals surface area contributed by atoms with Crippen LogP contribution in [0.2, 0.25) is 0 Å². The smallest absolute Gasteiger partial charge is 0.253 e. The summed E-state index contributed by atoms with van der Waals surface area (Å²) in [6.07, 6.45) is 2.64. The lowest BCUT2D eigenvalue weighted by Crippen LogP contribution is -2.39. The summed E-state index contributed by atoms with van der Waals surface area (Å²) in [5.41, 5.74) is 3.70. The Morgan fingerprint density at radius 1 is 1.15 bits per heavy atom. The van der Waals surface area contributed by atoms with Crippen LogP contribution in [0.25, 0.3) is 0 Å². The van der Waals surface area contributed by atoms with E-state index in [1.807, 2.05) is 58.3 Å². The molecular weight excluding hydrogens is 324 g/mol. The van der Waals surface area contributed by atoms with Crippen molar-refractivity contribution in [2.75, 3.05) is 18.0 Å². The van der Waals surface area contributed by atoms with Crippen molar-refractivity contribution >= 4 is 17.5 Å². The van der Waals surface area contributed by atoms with Crippen molar-refractivity contribution in [2.45, 2.75) is 32.7 Å². The van der Waals surface area contributed by atoms with E-state index in [9.17, 15) is 9.59 Å². The van der Waals surface area contributed by atoms with Crippen LogP contribution >= 0.6 is 0 Å². The van der Waals surface area contributed by atoms with Crippen LogP contribution in [0.3, 0.4) is 0 Å². The molecule has 2 aliphatic heterocycles. The van der Waals surface area contributed by atoms with Gasteiger partial charge in [0.25, 0.3) is 5.91 Å². The molecule has 4 rings (SSSR count). The first kappa shape index (κ1) is 16.8. The molecule has 0 aliphatic carbocycles. The lowest BCUT2D eigenvalue weighted by Gasteiger charge is -2.31. The molecule has 4 nitrogen and oxygen atoms in total. The number of carbonyl (C=O) groups excluding carboxylic acids is 2. The molecule has 2 heterocycles. The van der Waals surface area contributed by atoms with Gasteiger partial charge in [0, 0.05) is 24.3 Å². The zero-order valence-corrected chi connectivity index (χ0v) is 15.1. The van der Waals surface area contributed by atoms with E-state index in [0.29, 0.717) is 24.4 Å². The van der Waals surface area contributed by atoms with Crippen LogP contribution < -0.4 is 4.90 Å². The third kappa shape index (κ3) is 3.24. The number of likely N-dealkylation sites (tertiary alicyclic amines) is 1. The van der Waals surface area contributed by atoms with Gasteiger partial charge in [0.05, 0.1) is 13.0 Å². The highest BCUT2D eigenvalue weighted by molar-refractivity contribution is 6.03. The number of fused-ring (bicyclic) bond motifs is 1. The van der Waals surface area contributed by atoms with Crippen LogP contribution in [0.4, 0.5) is 5.69 Å². The Morgan fingerprint density at radius 2 is 1.96 bits per heavy atom. The lowest BCUT2D eigenvalue weighted by atomic mass is 9.99. The van der Waals surface area contributed by atoms with Gasteiger partial charge >= 0.3 is 0 Å². The molecule has 2 aromatic carbocycles. The van der Waals surface area contributed by atoms with E-state index in [1.165, 1.54) is 6.42 Å². The fourth-order valence-electron chi connectivity index (χ4n) is 4.01. The SMILES string of the molecule is C[C@@H]1CCCN(C(=O)c2ccc3c(c2)CC(=O)N3Cc2ccccc2)C1. The predicted molar refractivity (Wildman–Crippen MR) is 102 cm³/mol. The Balaban J connectivity index is 1.55. The van der Waals surface area contributed by atoms with Gasteiger partial charge in [-0.2, -0.15) is 0 Å². The van der Waals surface area contributed by atoms with Gasteiger partial charge in [-0.3, -0.25) is 9.59 Å². The zero-order valence-electron chi connectivity index (χ0n) is 15.1. The zero-order chi connectivity index (χ0) is 18.1. The summed E-state index contributed by atoms with van der Waals surface area (Å²) in [6, 6.07) is 15.7. The second kappa shape index (κ2) is 6.94. The fraction of sp³-hybridized carbons (Fsp3) is 0.364. The van der Waals surface area contributed by atoms with Crippen LogP contribution in [0.1, 0.15) is 41.3 Å². The maximum Gasteiger partial charge on any atom is 0.253 e. The number of benzene rings is 2. The quantitative estimate of drug-likeness (QED) is 0.849. The standard InChI is InChI=1S/C22H24N2O2/c1-16-6-5-11-23(14-16)22(26)18-9-10-20-19(12-18)13-21(25)24(20)15-17-7-3-2-4-8-17/h2-4,7-10,12,16H,5-6,11,13-15H2,1H3/t16-/m1/s1. The number of hydrogen-bond donors (Lipinski definition) is 0. The van der Waals surface area contributed by atoms with Crippen LogP contribution in [-0.2, 0) is 17.8 Å². The minimum atomic E-state index is 0.0910. The Labute approximate surface area is 154 Å². The van der Waals surface area contributed by atoms with Gasteiger partial charge in [0.1, 0.15) is 0 Å². The van der Waals surface area contributed by atoms with Gasteiger partial charge in [0.2, 0.25) is 5.91 Å². The van der Waals surface area contributed by atoms with E-state index < -0.39 is 0 Å². The molecule has 0 bridgehead atoms. The van der Waals surface area contributed by atoms with E-state index >= 15 is 0 Å². The molecular formula is C22H24N2O2. The number of hydrogen-bond acceptors (Lipinski definition) is 2. The van der Waals surface area contributed by atoms with Gasteiger partial charge in [-0.25, -0.2) is 0 Å². The predicted octanol–water partition coefficient (Wildman–Crippen LogP) is 3.65. The van der Waals surface area contributed by atoms with Crippen molar-refractivity contribution in [3.05, 3.63) is 65.2 Å². The van der Waals surface area contributed by atoms with Gasteiger partial charge in [-0.05, 0) is 48.1 Å². The van der Waals surface area contributed by atoms with E-state index in [-0.39, 0.29) is 11.8 Å². The highest BCUT2D eigenvalue weighted by atomic mass is 16.2. The molecule has 1 saturated heterocycles. The summed E-state index contributed by atoms with van der Waals surface area (Å²) in [6.45, 7) is 4.43. The number of carbonyl (C=O) groups is 2. The summed E-state index contributed by atoms with van der Waals surface area (Å²) < 4.78 is 0. The van der Waals surface area contributed by atoms with E-state index in [4.69, 9.17) is 0 Å². The minimum Gasteiger partial charge on any atom is -0.338 e. The summed E-state index contributed by atoms with van der Waals surface area (Å²) in [5.74, 6) is 0.749. The van der Waals surface area contributed by atoms with E-state index in [0.717, 1.165) is 36.3 Å². The first-order chi connectivity index (χ1) is 12.6. The van der Waals surface area contributed by atoms with Crippen LogP contribution in [0.15, 0.2) is 48.5 Å². The largest absolute Gasteiger partial charge is 0.338 e. The van der Waals surface area contributed by atoms with Crippen molar-refractivity contribution in [3.8, 4) is 0 Å². The Bertz CT molecular complexity index is 831. The van der Waals surface area contributed by atoms with Crippen LogP contribution in [-0.4, -0.2) is 29.8 Å². The third-order valence-corrected chi connectivity index (χ3v) is 5.39. The molecule has 2 aromatic rings. The fourth-order valence-corrected chi connectivity index (χ4v) is 4.01. The molecule has 0 spiro atoms. The molecule has 1 atom stereocenters. The molecule has 134 valence electrons. The van der Waals surface area contributed by atoms with Crippen molar-refractivity contribution < 1.29 is 9.59 Å². The van der Waals surface area contributed by atoms with Crippen LogP contribution in [0, 0.1) is 5.92 Å². The summed E-state index contributed by atoms with van der Waals surface area (Å²) >= 11 is 0. The number of anilines is 1. The molecule has 0 N–H and O–H groups in total. The molecule has 2 aliphatic rings. The highest BCUT2D eigenvalue weighted by Gasteiger charge is 2.29. The normalized spacial score (nSPS) is 19.6. The second-order valence-corrected chi connectivity index (χ2v) is 7.48. The first-order valence-electron chi connectivity index (χ1n) is 9.38. The van der Waals surface area contributed by atoms with E-state index in [1.54, 1.807) is 0 Å². The van der Waals surface area contributed by atoms with Gasteiger partial charge in [0.15, 0.2) is 0 Å². The summed E-state index contributed by atoms with van der Waals surface area (Å²) in [5, 5.41) is 0. The van der Waals surface area contributed by atoms with E-state index in [2.05, 4.69) is 6.92 Å². The topological polar surface area (TPSA) is 40.6 Å². The van der Waals surface area contributed by atoms with Crippen molar-refractivity contribution in [3.63, 3.8) is 0 Å². The molecule has 0 radical (unpaired) electrons. The second-order valence-electron chi connectivity index (χ2n) is 7.48. The molecule has 0 aromatic heterocycles. The average molecular weight is 348 g/mol. The number of nitrogens with zero attached hydrogens (tertiary/aromatic N) is 2. The van der Waals surface area contributed by atoms with Gasteiger partial charge in [-0.1, -0.05) is 37.3 Å². The highest BCUT2D eigenvalue weighted by Crippen LogP contribution is 2.31. The summed E-state index contributed by atoms with van der Waals surface area (Å²) in [4.78, 5) is 29.1. The Morgan fingerprint density at radius 3 is 2.73 bits per heavy atom. The first-order valence-corrected chi connectivity index (χ1v) is 9.38. The lowest BCUT2D eigenvalue weighted by molar-refractivity contribution is -0.117. The minimum absolute atomic E-state index is 0.0910. The Kier molecular flexibility index (Phi) is 4.49. The Hall–Kier alpha value is -2.62. The summed E-state index contributed by atoms with van der Waals surface area (Å²) in [7, 11) is 0. The molecule has 1 fully saturated rings. The van der Waals surface area contributed by atoms with Crippen LogP contribution in [0.5, 0.6) is 0 Å². The van der Waals surface area contributed by atoms with Crippen molar-refractivity contribution in [2.24, 2.45) is 5.92 Å². The number of rotatable bonds is 3. The maximum absolute atomic E-state index is 12.8. The van der Waals surface area contributed by atoms with Gasteiger partial charge in [-0.15, -0.1) is 0 Å². The monoisotopic (exact) mass is 348 g/mol. The van der Waals surface area contributed by atoms with Crippen molar-refractivity contribution in [1.29, 1.82) is 0 Å². The molecule has 4 heteroatoms. The maximum atomic E-state index is 12.8. The average Bonchev–Trinajstić information content (AvgIpc) is 2.96. The molecule has 0 unspecified atom stereocenters. The molecule has 0 saturated carbocycles. The number of amides is 2. The molecule has 2 amide bonds. The molecule has 26 heavy (non-hydrogen) atoms. The van der Waals surface area contributed by atoms with Gasteiger partial charge < -0.3 is 9.80 Å². The number of piperidine rings is 1. The third-order valence-electron chi connectivity index (χ3n) is 5.39. The van der Waals surface area contributed by atoms with Crippen molar-refractivity contribution in [1.82, 2.24) is 4.90 Å².